The first-order valence-corrected chi connectivity index (χ1v) is 29.7. The van der Waals surface area contributed by atoms with Crippen LogP contribution in [0.1, 0.15) is 278 Å². The Kier molecular flexibility index (Phi) is 49.8. The van der Waals surface area contributed by atoms with Gasteiger partial charge in [-0.1, -0.05) is 238 Å². The summed E-state index contributed by atoms with van der Waals surface area (Å²) in [6.45, 7) is 4.58. The number of allylic oxidation sites excluding steroid dienone is 4. The van der Waals surface area contributed by atoms with Crippen LogP contribution >= 0.6 is 7.82 Å². The molecule has 0 aliphatic rings. The lowest BCUT2D eigenvalue weighted by Crippen LogP contribution is -2.30. The molecule has 0 aromatic heterocycles. The first kappa shape index (κ1) is 66.0. The molecule has 0 bridgehead atoms. The lowest BCUT2D eigenvalue weighted by molar-refractivity contribution is -0.161. The summed E-state index contributed by atoms with van der Waals surface area (Å²) < 4.78 is 39.4. The molecular formula is C56H105O11P. The zero-order valence-corrected chi connectivity index (χ0v) is 45.0. The van der Waals surface area contributed by atoms with E-state index in [0.717, 1.165) is 83.5 Å². The average Bonchev–Trinajstić information content (AvgIpc) is 3.32. The first-order chi connectivity index (χ1) is 33.2. The number of hydrogen-bond acceptors (Lipinski definition) is 10. The average molecular weight is 985 g/mol. The number of aliphatic hydroxyl groups excluding tert-OH is 1. The normalized spacial score (nSPS) is 13.5. The van der Waals surface area contributed by atoms with Crippen LogP contribution in [0.3, 0.4) is 0 Å². The van der Waals surface area contributed by atoms with Gasteiger partial charge in [-0.05, 0) is 44.9 Å². The summed E-state index contributed by atoms with van der Waals surface area (Å²) >= 11 is 0. The summed E-state index contributed by atoms with van der Waals surface area (Å²) in [7, 11) is -4.74. The number of hydrogen-bond donors (Lipinski definition) is 2. The van der Waals surface area contributed by atoms with Crippen molar-refractivity contribution in [3.63, 3.8) is 0 Å². The summed E-state index contributed by atoms with van der Waals surface area (Å²) in [5.41, 5.74) is 0. The molecule has 3 unspecified atom stereocenters. The van der Waals surface area contributed by atoms with Crippen molar-refractivity contribution in [2.45, 2.75) is 290 Å². The van der Waals surface area contributed by atoms with Crippen molar-refractivity contribution < 1.29 is 52.2 Å². The smallest absolute Gasteiger partial charge is 0.462 e. The highest BCUT2D eigenvalue weighted by Crippen LogP contribution is 2.43. The Hall–Kier alpha value is -2.04. The third-order valence-corrected chi connectivity index (χ3v) is 13.3. The maximum Gasteiger partial charge on any atom is 0.472 e. The molecule has 68 heavy (non-hydrogen) atoms. The number of phosphoric ester groups is 1. The van der Waals surface area contributed by atoms with Crippen LogP contribution in [-0.4, -0.2) is 66.5 Å². The zero-order valence-electron chi connectivity index (χ0n) is 44.1. The maximum atomic E-state index is 12.8. The SMILES string of the molecule is CCC/C=C\C/C=C\CCCCCCCC(=O)OC(COC(=O)CCCCCCCCCCCCCCCCCCCCC)COP(=O)(O)OCC(CO)OC(=O)CCCCCCCCCCC. The molecule has 0 heterocycles. The summed E-state index contributed by atoms with van der Waals surface area (Å²) in [6.07, 6.45) is 50.1. The van der Waals surface area contributed by atoms with Gasteiger partial charge in [0.05, 0.1) is 19.8 Å². The van der Waals surface area contributed by atoms with Gasteiger partial charge in [0.25, 0.3) is 0 Å². The van der Waals surface area contributed by atoms with E-state index in [0.29, 0.717) is 19.3 Å². The monoisotopic (exact) mass is 985 g/mol. The van der Waals surface area contributed by atoms with Crippen LogP contribution in [0.5, 0.6) is 0 Å². The van der Waals surface area contributed by atoms with Crippen LogP contribution in [0.15, 0.2) is 24.3 Å². The number of carbonyl (C=O) groups excluding carboxylic acids is 3. The molecule has 0 saturated carbocycles. The van der Waals surface area contributed by atoms with E-state index < -0.39 is 57.8 Å². The first-order valence-electron chi connectivity index (χ1n) is 28.2. The van der Waals surface area contributed by atoms with E-state index in [1.165, 1.54) is 135 Å². The highest BCUT2D eigenvalue weighted by atomic mass is 31.2. The third kappa shape index (κ3) is 49.0. The number of ether oxygens (including phenoxy) is 3. The van der Waals surface area contributed by atoms with Crippen LogP contribution in [0.4, 0.5) is 0 Å². The Morgan fingerprint density at radius 1 is 0.412 bits per heavy atom. The Labute approximate surface area is 417 Å². The molecule has 11 nitrogen and oxygen atoms in total. The number of aliphatic hydroxyl groups is 1. The van der Waals surface area contributed by atoms with Crippen molar-refractivity contribution in [2.24, 2.45) is 0 Å². The van der Waals surface area contributed by atoms with E-state index in [-0.39, 0.29) is 25.9 Å². The quantitative estimate of drug-likeness (QED) is 0.0197. The van der Waals surface area contributed by atoms with Gasteiger partial charge in [-0.3, -0.25) is 23.4 Å². The topological polar surface area (TPSA) is 155 Å². The van der Waals surface area contributed by atoms with Gasteiger partial charge < -0.3 is 24.2 Å². The molecule has 3 atom stereocenters. The minimum atomic E-state index is -4.74. The molecule has 0 rings (SSSR count). The molecule has 0 fully saturated rings. The highest BCUT2D eigenvalue weighted by molar-refractivity contribution is 7.47. The van der Waals surface area contributed by atoms with Gasteiger partial charge in [0.15, 0.2) is 6.10 Å². The van der Waals surface area contributed by atoms with Crippen LogP contribution < -0.4 is 0 Å². The Balaban J connectivity index is 4.64. The van der Waals surface area contributed by atoms with E-state index in [4.69, 9.17) is 23.3 Å². The minimum absolute atomic E-state index is 0.156. The van der Waals surface area contributed by atoms with Crippen LogP contribution in [-0.2, 0) is 42.2 Å². The number of unbranched alkanes of at least 4 members (excludes halogenated alkanes) is 32. The number of phosphoric acid groups is 1. The van der Waals surface area contributed by atoms with E-state index in [1.807, 2.05) is 0 Å². The second-order valence-corrected chi connectivity index (χ2v) is 20.6. The largest absolute Gasteiger partial charge is 0.472 e. The molecule has 0 saturated heterocycles. The van der Waals surface area contributed by atoms with Crippen molar-refractivity contribution in [3.8, 4) is 0 Å². The fourth-order valence-electron chi connectivity index (χ4n) is 8.04. The van der Waals surface area contributed by atoms with Crippen molar-refractivity contribution in [3.05, 3.63) is 24.3 Å². The Bertz CT molecular complexity index is 1240. The zero-order chi connectivity index (χ0) is 49.9. The fraction of sp³-hybridized carbons (Fsp3) is 0.875. The Morgan fingerprint density at radius 2 is 0.750 bits per heavy atom. The second-order valence-electron chi connectivity index (χ2n) is 19.1. The van der Waals surface area contributed by atoms with Gasteiger partial charge >= 0.3 is 25.7 Å². The standard InChI is InChI=1S/C56H105O11P/c1-4-7-10-13-16-19-21-23-24-25-26-27-28-30-31-34-36-39-42-45-54(58)63-49-53(67-56(60)47-44-41-38-35-32-29-22-20-17-14-11-8-5-2)51-65-68(61,62)64-50-52(48-57)66-55(59)46-43-40-37-33-18-15-12-9-6-3/h11,14,20,22,52-53,57H,4-10,12-13,15-19,21,23-51H2,1-3H3,(H,61,62)/b14-11-,22-20-. The van der Waals surface area contributed by atoms with Crippen LogP contribution in [0.25, 0.3) is 0 Å². The molecule has 12 heteroatoms. The highest BCUT2D eigenvalue weighted by Gasteiger charge is 2.28. The van der Waals surface area contributed by atoms with Crippen LogP contribution in [0.2, 0.25) is 0 Å². The van der Waals surface area contributed by atoms with Gasteiger partial charge in [0.2, 0.25) is 0 Å². The van der Waals surface area contributed by atoms with Gasteiger partial charge in [-0.2, -0.15) is 0 Å². The van der Waals surface area contributed by atoms with E-state index in [1.54, 1.807) is 0 Å². The summed E-state index contributed by atoms with van der Waals surface area (Å²) in [5, 5.41) is 9.76. The van der Waals surface area contributed by atoms with Crippen molar-refractivity contribution in [1.82, 2.24) is 0 Å². The summed E-state index contributed by atoms with van der Waals surface area (Å²) in [4.78, 5) is 48.3. The molecule has 0 aliphatic carbocycles. The molecular weight excluding hydrogens is 880 g/mol. The third-order valence-electron chi connectivity index (χ3n) is 12.4. The second kappa shape index (κ2) is 51.3. The van der Waals surface area contributed by atoms with Gasteiger partial charge in [0, 0.05) is 19.3 Å². The van der Waals surface area contributed by atoms with Gasteiger partial charge in [-0.15, -0.1) is 0 Å². The lowest BCUT2D eigenvalue weighted by Gasteiger charge is -2.21. The Morgan fingerprint density at radius 3 is 1.15 bits per heavy atom. The van der Waals surface area contributed by atoms with Crippen molar-refractivity contribution in [1.29, 1.82) is 0 Å². The predicted octanol–water partition coefficient (Wildman–Crippen LogP) is 16.3. The van der Waals surface area contributed by atoms with Crippen molar-refractivity contribution >= 4 is 25.7 Å². The number of carbonyl (C=O) groups is 3. The minimum Gasteiger partial charge on any atom is -0.462 e. The predicted molar refractivity (Wildman–Crippen MR) is 280 cm³/mol. The molecule has 400 valence electrons. The molecule has 0 radical (unpaired) electrons. The van der Waals surface area contributed by atoms with E-state index in [2.05, 4.69) is 45.1 Å². The maximum absolute atomic E-state index is 12.8. The molecule has 0 aliphatic heterocycles. The molecule has 0 aromatic carbocycles. The lowest BCUT2D eigenvalue weighted by atomic mass is 10.0. The summed E-state index contributed by atoms with van der Waals surface area (Å²) in [5.74, 6) is -1.46. The summed E-state index contributed by atoms with van der Waals surface area (Å²) in [6, 6.07) is 0. The molecule has 0 amide bonds. The van der Waals surface area contributed by atoms with E-state index in [9.17, 15) is 28.9 Å². The number of rotatable bonds is 53. The van der Waals surface area contributed by atoms with Gasteiger partial charge in [-0.25, -0.2) is 4.57 Å². The number of esters is 3. The van der Waals surface area contributed by atoms with Crippen molar-refractivity contribution in [2.75, 3.05) is 26.4 Å². The van der Waals surface area contributed by atoms with Crippen LogP contribution in [0, 0.1) is 0 Å². The van der Waals surface area contributed by atoms with E-state index >= 15 is 0 Å². The fourth-order valence-corrected chi connectivity index (χ4v) is 8.83. The molecule has 0 aromatic rings. The molecule has 2 N–H and O–H groups in total. The van der Waals surface area contributed by atoms with Gasteiger partial charge in [0.1, 0.15) is 12.7 Å². The molecule has 0 spiro atoms.